The second-order valence-corrected chi connectivity index (χ2v) is 21.3. The molecule has 0 aromatic carbocycles. The van der Waals surface area contributed by atoms with Crippen molar-refractivity contribution in [3.05, 3.63) is 85.1 Å². The maximum atomic E-state index is 12.9. The number of unbranched alkanes of at least 4 members (excludes halogenated alkanes) is 33. The Morgan fingerprint density at radius 1 is 0.280 bits per heavy atom. The molecule has 0 amide bonds. The van der Waals surface area contributed by atoms with Crippen molar-refractivity contribution in [2.75, 3.05) is 13.2 Å². The van der Waals surface area contributed by atoms with Gasteiger partial charge in [0.25, 0.3) is 0 Å². The lowest BCUT2D eigenvalue weighted by Crippen LogP contribution is -2.30. The summed E-state index contributed by atoms with van der Waals surface area (Å²) >= 11 is 0. The molecule has 1 atom stereocenters. The van der Waals surface area contributed by atoms with Crippen molar-refractivity contribution in [2.24, 2.45) is 0 Å². The number of hydrogen-bond donors (Lipinski definition) is 0. The number of allylic oxidation sites excluding steroid dienone is 14. The average Bonchev–Trinajstić information content (AvgIpc) is 3.41. The minimum atomic E-state index is -0.793. The zero-order valence-corrected chi connectivity index (χ0v) is 49.6. The predicted molar refractivity (Wildman–Crippen MR) is 325 cm³/mol. The molecule has 0 spiro atoms. The molecular formula is C69H120O6. The number of hydrogen-bond acceptors (Lipinski definition) is 6. The van der Waals surface area contributed by atoms with Crippen LogP contribution in [0.1, 0.15) is 316 Å². The molecule has 0 rings (SSSR count). The van der Waals surface area contributed by atoms with Crippen LogP contribution >= 0.6 is 0 Å². The normalized spacial score (nSPS) is 12.6. The van der Waals surface area contributed by atoms with E-state index >= 15 is 0 Å². The number of carbonyl (C=O) groups is 3. The first kappa shape index (κ1) is 71.6. The van der Waals surface area contributed by atoms with Gasteiger partial charge in [0.1, 0.15) is 13.2 Å². The SMILES string of the molecule is CC/C=C\C/C=C\C/C=C\C/C=C\CCCCCCCCCCC(=O)OC(COC(=O)CCCCC/C=C\C/C=C\C/C=C\CC)COC(=O)CCCCCCCCCCCCCCCCCCCCCCCCC. The van der Waals surface area contributed by atoms with Gasteiger partial charge >= 0.3 is 17.9 Å². The van der Waals surface area contributed by atoms with Gasteiger partial charge in [-0.2, -0.15) is 0 Å². The second-order valence-electron chi connectivity index (χ2n) is 21.3. The van der Waals surface area contributed by atoms with E-state index in [4.69, 9.17) is 14.2 Å². The number of ether oxygens (including phenoxy) is 3. The highest BCUT2D eigenvalue weighted by atomic mass is 16.6. The van der Waals surface area contributed by atoms with Crippen LogP contribution in [0.5, 0.6) is 0 Å². The quantitative estimate of drug-likeness (QED) is 0.0261. The van der Waals surface area contributed by atoms with Gasteiger partial charge in [-0.15, -0.1) is 0 Å². The van der Waals surface area contributed by atoms with Crippen molar-refractivity contribution < 1.29 is 28.6 Å². The highest BCUT2D eigenvalue weighted by Crippen LogP contribution is 2.17. The molecule has 6 heteroatoms. The van der Waals surface area contributed by atoms with E-state index in [1.165, 1.54) is 161 Å². The van der Waals surface area contributed by atoms with E-state index in [9.17, 15) is 14.4 Å². The summed E-state index contributed by atoms with van der Waals surface area (Å²) in [6.07, 6.45) is 83.1. The van der Waals surface area contributed by atoms with Gasteiger partial charge in [-0.1, -0.05) is 292 Å². The van der Waals surface area contributed by atoms with Crippen molar-refractivity contribution in [3.8, 4) is 0 Å². The molecule has 0 aromatic rings. The predicted octanol–water partition coefficient (Wildman–Crippen LogP) is 21.9. The van der Waals surface area contributed by atoms with Crippen molar-refractivity contribution in [3.63, 3.8) is 0 Å². The minimum Gasteiger partial charge on any atom is -0.462 e. The van der Waals surface area contributed by atoms with E-state index in [-0.39, 0.29) is 31.1 Å². The van der Waals surface area contributed by atoms with E-state index in [1.54, 1.807) is 0 Å². The minimum absolute atomic E-state index is 0.0868. The van der Waals surface area contributed by atoms with Crippen LogP contribution in [0.25, 0.3) is 0 Å². The standard InChI is InChI=1S/C69H120O6/c1-4-7-10-13-16-19-22-25-27-29-31-33-34-36-37-39-41-44-47-50-53-56-59-62-68(71)74-65-66(64-73-67(70)61-58-55-52-49-46-43-24-21-18-15-12-9-6-3)75-69(72)63-60-57-54-51-48-45-42-40-38-35-32-30-28-26-23-20-17-14-11-8-5-2/h8-9,11-12,17-18,20-21,26,28,32,35,43,46,66H,4-7,10,13-16,19,22-25,27,29-31,33-34,36-42,44-45,47-65H2,1-3H3/b11-8-,12-9-,20-17-,21-18-,28-26-,35-32-,46-43-. The summed E-state index contributed by atoms with van der Waals surface area (Å²) in [6, 6.07) is 0. The lowest BCUT2D eigenvalue weighted by Gasteiger charge is -2.18. The van der Waals surface area contributed by atoms with Crippen LogP contribution < -0.4 is 0 Å². The summed E-state index contributed by atoms with van der Waals surface area (Å²) in [5.74, 6) is -0.913. The Balaban J connectivity index is 4.32. The fourth-order valence-corrected chi connectivity index (χ4v) is 9.16. The Labute approximate surface area is 465 Å². The van der Waals surface area contributed by atoms with Gasteiger partial charge in [0.15, 0.2) is 6.10 Å². The van der Waals surface area contributed by atoms with Crippen LogP contribution in [0.3, 0.4) is 0 Å². The molecule has 0 saturated carbocycles. The highest BCUT2D eigenvalue weighted by Gasteiger charge is 2.19. The molecule has 0 aliphatic heterocycles. The van der Waals surface area contributed by atoms with Crippen LogP contribution in [-0.2, 0) is 28.6 Å². The molecule has 0 bridgehead atoms. The molecule has 1 unspecified atom stereocenters. The Morgan fingerprint density at radius 2 is 0.520 bits per heavy atom. The first-order chi connectivity index (χ1) is 37.0. The van der Waals surface area contributed by atoms with E-state index < -0.39 is 6.10 Å². The molecular weight excluding hydrogens is 925 g/mol. The molecule has 0 heterocycles. The van der Waals surface area contributed by atoms with Gasteiger partial charge < -0.3 is 14.2 Å². The van der Waals surface area contributed by atoms with Crippen LogP contribution in [0, 0.1) is 0 Å². The molecule has 0 aromatic heterocycles. The van der Waals surface area contributed by atoms with Gasteiger partial charge in [0.2, 0.25) is 0 Å². The first-order valence-corrected chi connectivity index (χ1v) is 32.1. The van der Waals surface area contributed by atoms with Crippen molar-refractivity contribution in [1.29, 1.82) is 0 Å². The maximum Gasteiger partial charge on any atom is 0.306 e. The van der Waals surface area contributed by atoms with Crippen molar-refractivity contribution in [1.82, 2.24) is 0 Å². The van der Waals surface area contributed by atoms with E-state index in [2.05, 4.69) is 106 Å². The topological polar surface area (TPSA) is 78.9 Å². The third-order valence-electron chi connectivity index (χ3n) is 13.9. The summed E-state index contributed by atoms with van der Waals surface area (Å²) in [6.45, 7) is 6.42. The first-order valence-electron chi connectivity index (χ1n) is 32.1. The number of esters is 3. The van der Waals surface area contributed by atoms with Gasteiger partial charge in [-0.05, 0) is 89.9 Å². The average molecular weight is 1050 g/mol. The smallest absolute Gasteiger partial charge is 0.306 e. The Kier molecular flexibility index (Phi) is 60.3. The largest absolute Gasteiger partial charge is 0.462 e. The Hall–Kier alpha value is -3.41. The van der Waals surface area contributed by atoms with Gasteiger partial charge in [-0.25, -0.2) is 0 Å². The molecule has 0 aliphatic carbocycles. The van der Waals surface area contributed by atoms with Gasteiger partial charge in [0, 0.05) is 19.3 Å². The lowest BCUT2D eigenvalue weighted by molar-refractivity contribution is -0.167. The summed E-state index contributed by atoms with van der Waals surface area (Å²) in [5.41, 5.74) is 0. The van der Waals surface area contributed by atoms with E-state index in [1.807, 2.05) is 0 Å². The lowest BCUT2D eigenvalue weighted by atomic mass is 10.0. The molecule has 75 heavy (non-hydrogen) atoms. The Morgan fingerprint density at radius 3 is 0.827 bits per heavy atom. The monoisotopic (exact) mass is 1040 g/mol. The maximum absolute atomic E-state index is 12.9. The molecule has 0 fully saturated rings. The second kappa shape index (κ2) is 63.1. The molecule has 0 radical (unpaired) electrons. The van der Waals surface area contributed by atoms with Crippen LogP contribution in [0.4, 0.5) is 0 Å². The number of carbonyl (C=O) groups excluding carboxylic acids is 3. The van der Waals surface area contributed by atoms with E-state index in [0.717, 1.165) is 116 Å². The zero-order valence-electron chi connectivity index (χ0n) is 49.6. The number of rotatable bonds is 58. The van der Waals surface area contributed by atoms with Crippen LogP contribution in [0.2, 0.25) is 0 Å². The molecule has 6 nitrogen and oxygen atoms in total. The third kappa shape index (κ3) is 61.3. The van der Waals surface area contributed by atoms with E-state index in [0.29, 0.717) is 19.3 Å². The fourth-order valence-electron chi connectivity index (χ4n) is 9.16. The fraction of sp³-hybridized carbons (Fsp3) is 0.754. The van der Waals surface area contributed by atoms with Crippen LogP contribution in [0.15, 0.2) is 85.1 Å². The summed E-state index contributed by atoms with van der Waals surface area (Å²) in [7, 11) is 0. The molecule has 0 saturated heterocycles. The summed E-state index contributed by atoms with van der Waals surface area (Å²) < 4.78 is 16.9. The van der Waals surface area contributed by atoms with Crippen molar-refractivity contribution in [2.45, 2.75) is 322 Å². The molecule has 432 valence electrons. The van der Waals surface area contributed by atoms with Crippen molar-refractivity contribution >= 4 is 17.9 Å². The summed E-state index contributed by atoms with van der Waals surface area (Å²) in [5, 5.41) is 0. The van der Waals surface area contributed by atoms with Crippen LogP contribution in [-0.4, -0.2) is 37.2 Å². The molecule has 0 N–H and O–H groups in total. The third-order valence-corrected chi connectivity index (χ3v) is 13.9. The van der Waals surface area contributed by atoms with Gasteiger partial charge in [0.05, 0.1) is 0 Å². The highest BCUT2D eigenvalue weighted by molar-refractivity contribution is 5.71. The Bertz CT molecular complexity index is 1430. The zero-order chi connectivity index (χ0) is 54.3. The summed E-state index contributed by atoms with van der Waals surface area (Å²) in [4.78, 5) is 38.3. The molecule has 0 aliphatic rings. The van der Waals surface area contributed by atoms with Gasteiger partial charge in [-0.3, -0.25) is 14.4 Å².